The van der Waals surface area contributed by atoms with E-state index in [9.17, 15) is 4.79 Å². The predicted octanol–water partition coefficient (Wildman–Crippen LogP) is 3.66. The summed E-state index contributed by atoms with van der Waals surface area (Å²) >= 11 is 5.27. The number of ether oxygens (including phenoxy) is 3. The molecule has 7 heteroatoms. The van der Waals surface area contributed by atoms with E-state index >= 15 is 0 Å². The number of rotatable bonds is 7. The highest BCUT2D eigenvalue weighted by Crippen LogP contribution is 2.34. The number of hydrogen-bond donors (Lipinski definition) is 2. The summed E-state index contributed by atoms with van der Waals surface area (Å²) in [5.74, 6) is 1.98. The first-order chi connectivity index (χ1) is 13.9. The van der Waals surface area contributed by atoms with E-state index in [1.165, 1.54) is 0 Å². The summed E-state index contributed by atoms with van der Waals surface area (Å²) in [6.07, 6.45) is 0. The number of carbonyl (C=O) groups excluding carboxylic acids is 1. The number of benzene rings is 2. The number of nitrogens with one attached hydrogen (secondary N) is 2. The quantitative estimate of drug-likeness (QED) is 0.673. The van der Waals surface area contributed by atoms with Gasteiger partial charge in [-0.3, -0.25) is 4.79 Å². The number of hydrogen-bond acceptors (Lipinski definition) is 5. The van der Waals surface area contributed by atoms with Crippen LogP contribution in [0.3, 0.4) is 0 Å². The van der Waals surface area contributed by atoms with E-state index in [1.807, 2.05) is 49.4 Å². The van der Waals surface area contributed by atoms with Crippen molar-refractivity contribution in [3.05, 3.63) is 64.9 Å². The second kappa shape index (κ2) is 8.96. The van der Waals surface area contributed by atoms with Gasteiger partial charge in [0.05, 0.1) is 20.3 Å². The van der Waals surface area contributed by atoms with Crippen LogP contribution in [0.15, 0.2) is 53.7 Å². The second-order valence-electron chi connectivity index (χ2n) is 6.67. The predicted molar refractivity (Wildman–Crippen MR) is 115 cm³/mol. The Morgan fingerprint density at radius 2 is 1.79 bits per heavy atom. The van der Waals surface area contributed by atoms with Crippen molar-refractivity contribution in [3.8, 4) is 17.2 Å². The molecule has 0 aliphatic carbocycles. The van der Waals surface area contributed by atoms with E-state index in [0.717, 1.165) is 22.6 Å². The van der Waals surface area contributed by atoms with Crippen molar-refractivity contribution in [3.63, 3.8) is 0 Å². The molecule has 6 nitrogen and oxygen atoms in total. The van der Waals surface area contributed by atoms with Gasteiger partial charge in [0.2, 0.25) is 0 Å². The Kier molecular flexibility index (Phi) is 6.39. The average molecular weight is 413 g/mol. The van der Waals surface area contributed by atoms with Crippen molar-refractivity contribution in [2.75, 3.05) is 14.2 Å². The molecule has 1 aliphatic heterocycles. The molecule has 0 amide bonds. The van der Waals surface area contributed by atoms with Gasteiger partial charge in [0.25, 0.3) is 0 Å². The molecule has 2 aromatic rings. The Bertz CT molecular complexity index is 954. The van der Waals surface area contributed by atoms with Crippen LogP contribution in [0.1, 0.15) is 31.0 Å². The van der Waals surface area contributed by atoms with E-state index in [0.29, 0.717) is 28.8 Å². The monoisotopic (exact) mass is 412 g/mol. The number of allylic oxidation sites excluding steroid dienone is 1. The van der Waals surface area contributed by atoms with Crippen LogP contribution >= 0.6 is 12.2 Å². The topological polar surface area (TPSA) is 68.8 Å². The summed E-state index contributed by atoms with van der Waals surface area (Å²) in [6, 6.07) is 13.0. The van der Waals surface area contributed by atoms with Gasteiger partial charge in [-0.2, -0.15) is 0 Å². The van der Waals surface area contributed by atoms with Crippen LogP contribution < -0.4 is 24.8 Å². The molecule has 2 N–H and O–H groups in total. The largest absolute Gasteiger partial charge is 0.497 e. The van der Waals surface area contributed by atoms with Crippen molar-refractivity contribution in [2.45, 2.75) is 26.5 Å². The van der Waals surface area contributed by atoms with Crippen LogP contribution in [0.2, 0.25) is 0 Å². The number of ketones is 1. The minimum atomic E-state index is -0.342. The van der Waals surface area contributed by atoms with E-state index in [-0.39, 0.29) is 11.8 Å². The third kappa shape index (κ3) is 4.68. The minimum Gasteiger partial charge on any atom is -0.497 e. The zero-order valence-electron chi connectivity index (χ0n) is 16.9. The van der Waals surface area contributed by atoms with Crippen LogP contribution in [-0.2, 0) is 11.4 Å². The van der Waals surface area contributed by atoms with Gasteiger partial charge in [0.15, 0.2) is 22.4 Å². The van der Waals surface area contributed by atoms with Gasteiger partial charge in [0.1, 0.15) is 12.4 Å². The fourth-order valence-corrected chi connectivity index (χ4v) is 3.55. The lowest BCUT2D eigenvalue weighted by Crippen LogP contribution is -2.44. The van der Waals surface area contributed by atoms with Crippen LogP contribution in [0.4, 0.5) is 0 Å². The van der Waals surface area contributed by atoms with Gasteiger partial charge in [-0.1, -0.05) is 18.2 Å². The average Bonchev–Trinajstić information content (AvgIpc) is 2.71. The zero-order chi connectivity index (χ0) is 21.0. The van der Waals surface area contributed by atoms with Crippen LogP contribution in [0, 0.1) is 0 Å². The van der Waals surface area contributed by atoms with Gasteiger partial charge in [-0.25, -0.2) is 0 Å². The molecule has 29 heavy (non-hydrogen) atoms. The Labute approximate surface area is 175 Å². The van der Waals surface area contributed by atoms with Crippen LogP contribution in [-0.4, -0.2) is 25.1 Å². The lowest BCUT2D eigenvalue weighted by molar-refractivity contribution is -0.114. The number of carbonyl (C=O) groups is 1. The van der Waals surface area contributed by atoms with Gasteiger partial charge < -0.3 is 24.8 Å². The third-order valence-corrected chi connectivity index (χ3v) is 4.94. The second-order valence-corrected chi connectivity index (χ2v) is 7.08. The highest BCUT2D eigenvalue weighted by atomic mass is 32.1. The molecule has 0 saturated carbocycles. The smallest absolute Gasteiger partial charge is 0.171 e. The maximum Gasteiger partial charge on any atom is 0.171 e. The van der Waals surface area contributed by atoms with Crippen molar-refractivity contribution in [2.24, 2.45) is 0 Å². The molecule has 1 atom stereocenters. The van der Waals surface area contributed by atoms with Gasteiger partial charge in [-0.05, 0) is 61.5 Å². The molecule has 2 aromatic carbocycles. The summed E-state index contributed by atoms with van der Waals surface area (Å²) in [7, 11) is 3.23. The Morgan fingerprint density at radius 1 is 1.07 bits per heavy atom. The number of methoxy groups -OCH3 is 2. The molecule has 1 unspecified atom stereocenters. The van der Waals surface area contributed by atoms with E-state index in [4.69, 9.17) is 26.4 Å². The molecule has 0 radical (unpaired) electrons. The lowest BCUT2D eigenvalue weighted by atomic mass is 9.93. The van der Waals surface area contributed by atoms with E-state index in [2.05, 4.69) is 10.6 Å². The Hall–Kier alpha value is -3.06. The maximum absolute atomic E-state index is 12.2. The van der Waals surface area contributed by atoms with Crippen LogP contribution in [0.25, 0.3) is 0 Å². The van der Waals surface area contributed by atoms with Crippen molar-refractivity contribution < 1.29 is 19.0 Å². The third-order valence-electron chi connectivity index (χ3n) is 4.72. The van der Waals surface area contributed by atoms with E-state index < -0.39 is 0 Å². The Balaban J connectivity index is 1.83. The van der Waals surface area contributed by atoms with Crippen LogP contribution in [0.5, 0.6) is 17.2 Å². The Morgan fingerprint density at radius 3 is 2.41 bits per heavy atom. The minimum absolute atomic E-state index is 0.0196. The summed E-state index contributed by atoms with van der Waals surface area (Å²) in [5, 5.41) is 6.66. The normalized spacial score (nSPS) is 16.0. The molecular formula is C22H24N2O4S. The molecule has 0 saturated heterocycles. The highest BCUT2D eigenvalue weighted by Gasteiger charge is 2.28. The first-order valence-electron chi connectivity index (χ1n) is 9.15. The molecule has 0 bridgehead atoms. The molecule has 0 spiro atoms. The molecule has 152 valence electrons. The fourth-order valence-electron chi connectivity index (χ4n) is 3.28. The van der Waals surface area contributed by atoms with Crippen molar-refractivity contribution in [1.29, 1.82) is 0 Å². The molecule has 1 heterocycles. The summed E-state index contributed by atoms with van der Waals surface area (Å²) in [4.78, 5) is 12.2. The first-order valence-corrected chi connectivity index (χ1v) is 9.56. The molecule has 0 fully saturated rings. The standard InChI is InChI=1S/C22H24N2O4S/c1-13-20(14(2)25)21(24-22(29)23-13)16-7-10-18(19(11-16)27-4)28-12-15-5-8-17(26-3)9-6-15/h5-11,21H,12H2,1-4H3,(H2,23,24,29). The maximum atomic E-state index is 12.2. The highest BCUT2D eigenvalue weighted by molar-refractivity contribution is 7.80. The zero-order valence-corrected chi connectivity index (χ0v) is 17.7. The summed E-state index contributed by atoms with van der Waals surface area (Å²) in [6.45, 7) is 3.79. The van der Waals surface area contributed by atoms with Gasteiger partial charge in [-0.15, -0.1) is 0 Å². The van der Waals surface area contributed by atoms with Crippen molar-refractivity contribution in [1.82, 2.24) is 10.6 Å². The fraction of sp³-hybridized carbons (Fsp3) is 0.273. The first kappa shape index (κ1) is 20.7. The lowest BCUT2D eigenvalue weighted by Gasteiger charge is -2.30. The SMILES string of the molecule is COc1ccc(COc2ccc(C3NC(=S)NC(C)=C3C(C)=O)cc2OC)cc1. The number of thiocarbonyl (C=S) groups is 1. The van der Waals surface area contributed by atoms with Crippen molar-refractivity contribution >= 4 is 23.1 Å². The van der Waals surface area contributed by atoms with Gasteiger partial charge in [0, 0.05) is 11.3 Å². The molecule has 1 aliphatic rings. The molecule has 0 aromatic heterocycles. The van der Waals surface area contributed by atoms with Gasteiger partial charge >= 0.3 is 0 Å². The summed E-state index contributed by atoms with van der Waals surface area (Å²) in [5.41, 5.74) is 3.28. The number of Topliss-reactive ketones (excluding diaryl/α,β-unsaturated/α-hetero) is 1. The van der Waals surface area contributed by atoms with E-state index in [1.54, 1.807) is 21.1 Å². The molecular weight excluding hydrogens is 388 g/mol. The molecule has 3 rings (SSSR count). The summed E-state index contributed by atoms with van der Waals surface area (Å²) < 4.78 is 16.6.